The molecule has 0 aliphatic heterocycles. The molecule has 100 valence electrons. The molecule has 0 aliphatic rings. The lowest BCUT2D eigenvalue weighted by Gasteiger charge is -2.08. The van der Waals surface area contributed by atoms with Crippen LogP contribution in [0.4, 0.5) is 10.5 Å². The van der Waals surface area contributed by atoms with Gasteiger partial charge < -0.3 is 15.4 Å². The highest BCUT2D eigenvalue weighted by Gasteiger charge is 2.19. The molecule has 2 N–H and O–H groups in total. The lowest BCUT2D eigenvalue weighted by molar-refractivity contribution is 0.0607. The number of amides is 2. The van der Waals surface area contributed by atoms with Crippen LogP contribution in [0.5, 0.6) is 0 Å². The van der Waals surface area contributed by atoms with E-state index in [-0.39, 0.29) is 6.03 Å². The van der Waals surface area contributed by atoms with Crippen LogP contribution in [-0.4, -0.2) is 25.7 Å². The van der Waals surface area contributed by atoms with Crippen molar-refractivity contribution in [1.82, 2.24) is 5.32 Å². The lowest BCUT2D eigenvalue weighted by atomic mass is 10.3. The number of nitrogens with one attached hydrogen (secondary N) is 2. The molecule has 0 aliphatic carbocycles. The third-order valence-electron chi connectivity index (χ3n) is 2.17. The Kier molecular flexibility index (Phi) is 6.14. The van der Waals surface area contributed by atoms with Crippen LogP contribution < -0.4 is 10.6 Å². The fourth-order valence-electron chi connectivity index (χ4n) is 1.23. The van der Waals surface area contributed by atoms with Crippen LogP contribution in [0, 0.1) is 0 Å². The van der Waals surface area contributed by atoms with Gasteiger partial charge in [0.1, 0.15) is 4.88 Å². The monoisotopic (exact) mass is 334 g/mol. The molecule has 0 bridgehead atoms. The minimum absolute atomic E-state index is 0.326. The Hall–Kier alpha value is -1.08. The van der Waals surface area contributed by atoms with E-state index in [9.17, 15) is 9.59 Å². The Labute approximate surface area is 118 Å². The number of esters is 1. The van der Waals surface area contributed by atoms with Gasteiger partial charge >= 0.3 is 12.0 Å². The van der Waals surface area contributed by atoms with Crippen molar-refractivity contribution in [3.05, 3.63) is 14.7 Å². The van der Waals surface area contributed by atoms with Crippen LogP contribution in [0.2, 0.25) is 0 Å². The number of hydrogen-bond acceptors (Lipinski definition) is 4. The minimum atomic E-state index is -0.463. The van der Waals surface area contributed by atoms with Gasteiger partial charge in [-0.05, 0) is 22.4 Å². The molecule has 1 heterocycles. The highest BCUT2D eigenvalue weighted by Crippen LogP contribution is 2.33. The van der Waals surface area contributed by atoms with Crippen molar-refractivity contribution in [2.45, 2.75) is 19.8 Å². The first-order valence-electron chi connectivity index (χ1n) is 5.50. The molecule has 18 heavy (non-hydrogen) atoms. The first-order chi connectivity index (χ1) is 8.60. The largest absolute Gasteiger partial charge is 0.465 e. The van der Waals surface area contributed by atoms with Crippen molar-refractivity contribution >= 4 is 45.0 Å². The average molecular weight is 335 g/mol. The van der Waals surface area contributed by atoms with Crippen molar-refractivity contribution in [3.63, 3.8) is 0 Å². The first kappa shape index (κ1) is 15.0. The molecule has 5 nitrogen and oxygen atoms in total. The number of carbonyl (C=O) groups excluding carboxylic acids is 2. The van der Waals surface area contributed by atoms with Crippen molar-refractivity contribution in [2.24, 2.45) is 0 Å². The standard InChI is InChI=1S/C11H15BrN2O3S/c1-3-4-5-13-11(16)14-8-7(12)6-18-9(8)10(15)17-2/h6H,3-5H2,1-2H3,(H2,13,14,16). The number of rotatable bonds is 5. The van der Waals surface area contributed by atoms with Gasteiger partial charge in [0, 0.05) is 11.9 Å². The maximum atomic E-state index is 11.6. The third kappa shape index (κ3) is 3.99. The molecule has 1 rings (SSSR count). The number of ether oxygens (including phenoxy) is 1. The summed E-state index contributed by atoms with van der Waals surface area (Å²) in [5.41, 5.74) is 0.445. The van der Waals surface area contributed by atoms with Gasteiger partial charge in [0.15, 0.2) is 0 Å². The smallest absolute Gasteiger partial charge is 0.350 e. The summed E-state index contributed by atoms with van der Waals surface area (Å²) in [6.45, 7) is 2.65. The third-order valence-corrected chi connectivity index (χ3v) is 4.06. The molecule has 0 saturated carbocycles. The summed E-state index contributed by atoms with van der Waals surface area (Å²) in [6, 6.07) is -0.326. The quantitative estimate of drug-likeness (QED) is 0.641. The average Bonchev–Trinajstić information content (AvgIpc) is 2.71. The maximum absolute atomic E-state index is 11.6. The summed E-state index contributed by atoms with van der Waals surface area (Å²) in [7, 11) is 1.31. The number of anilines is 1. The van der Waals surface area contributed by atoms with Crippen molar-refractivity contribution in [1.29, 1.82) is 0 Å². The lowest BCUT2D eigenvalue weighted by Crippen LogP contribution is -2.30. The van der Waals surface area contributed by atoms with Gasteiger partial charge in [-0.3, -0.25) is 0 Å². The van der Waals surface area contributed by atoms with Gasteiger partial charge in [0.2, 0.25) is 0 Å². The van der Waals surface area contributed by atoms with E-state index in [0.717, 1.165) is 12.8 Å². The van der Waals surface area contributed by atoms with E-state index in [4.69, 9.17) is 0 Å². The van der Waals surface area contributed by atoms with Gasteiger partial charge in [-0.1, -0.05) is 13.3 Å². The zero-order chi connectivity index (χ0) is 13.5. The fraction of sp³-hybridized carbons (Fsp3) is 0.455. The van der Waals surface area contributed by atoms with E-state index in [2.05, 4.69) is 31.3 Å². The molecule has 0 radical (unpaired) electrons. The summed E-state index contributed by atoms with van der Waals surface area (Å²) < 4.78 is 5.31. The minimum Gasteiger partial charge on any atom is -0.465 e. The molecule has 0 unspecified atom stereocenters. The van der Waals surface area contributed by atoms with Crippen LogP contribution in [-0.2, 0) is 4.74 Å². The number of halogens is 1. The van der Waals surface area contributed by atoms with Crippen LogP contribution in [0.15, 0.2) is 9.85 Å². The first-order valence-corrected chi connectivity index (χ1v) is 7.17. The second kappa shape index (κ2) is 7.38. The SMILES string of the molecule is CCCCNC(=O)Nc1c(Br)csc1C(=O)OC. The topological polar surface area (TPSA) is 67.4 Å². The number of unbranched alkanes of at least 4 members (excludes halogenated alkanes) is 1. The molecule has 0 saturated heterocycles. The van der Waals surface area contributed by atoms with Crippen LogP contribution in [0.3, 0.4) is 0 Å². The molecular weight excluding hydrogens is 320 g/mol. The van der Waals surface area contributed by atoms with E-state index >= 15 is 0 Å². The molecule has 0 fully saturated rings. The Balaban J connectivity index is 2.68. The Morgan fingerprint density at radius 3 is 2.83 bits per heavy atom. The van der Waals surface area contributed by atoms with Crippen LogP contribution in [0.25, 0.3) is 0 Å². The van der Waals surface area contributed by atoms with Gasteiger partial charge in [-0.15, -0.1) is 11.3 Å². The van der Waals surface area contributed by atoms with E-state index in [1.807, 2.05) is 6.92 Å². The molecular formula is C11H15BrN2O3S. The molecule has 0 atom stereocenters. The molecule has 7 heteroatoms. The van der Waals surface area contributed by atoms with Crippen LogP contribution in [0.1, 0.15) is 29.4 Å². The van der Waals surface area contributed by atoms with E-state index < -0.39 is 5.97 Å². The van der Waals surface area contributed by atoms with Gasteiger partial charge in [-0.25, -0.2) is 9.59 Å². The normalized spacial score (nSPS) is 9.94. The van der Waals surface area contributed by atoms with E-state index in [0.29, 0.717) is 21.6 Å². The summed E-state index contributed by atoms with van der Waals surface area (Å²) in [6.07, 6.45) is 1.93. The van der Waals surface area contributed by atoms with Gasteiger partial charge in [-0.2, -0.15) is 0 Å². The van der Waals surface area contributed by atoms with Gasteiger partial charge in [0.05, 0.1) is 17.3 Å². The summed E-state index contributed by atoms with van der Waals surface area (Å²) >= 11 is 4.50. The Morgan fingerprint density at radius 2 is 2.22 bits per heavy atom. The summed E-state index contributed by atoms with van der Waals surface area (Å²) in [4.78, 5) is 23.5. The van der Waals surface area contributed by atoms with Crippen molar-refractivity contribution in [3.8, 4) is 0 Å². The number of thiophene rings is 1. The number of urea groups is 1. The van der Waals surface area contributed by atoms with Crippen molar-refractivity contribution in [2.75, 3.05) is 19.0 Å². The van der Waals surface area contributed by atoms with E-state index in [1.54, 1.807) is 5.38 Å². The maximum Gasteiger partial charge on any atom is 0.350 e. The molecule has 1 aromatic rings. The van der Waals surface area contributed by atoms with Crippen LogP contribution >= 0.6 is 27.3 Å². The highest BCUT2D eigenvalue weighted by molar-refractivity contribution is 9.10. The zero-order valence-electron chi connectivity index (χ0n) is 10.2. The second-order valence-electron chi connectivity index (χ2n) is 3.51. The van der Waals surface area contributed by atoms with Gasteiger partial charge in [0.25, 0.3) is 0 Å². The number of carbonyl (C=O) groups is 2. The Bertz CT molecular complexity index is 434. The predicted molar refractivity (Wildman–Crippen MR) is 75.3 cm³/mol. The zero-order valence-corrected chi connectivity index (χ0v) is 12.6. The molecule has 0 spiro atoms. The Morgan fingerprint density at radius 1 is 1.50 bits per heavy atom. The molecule has 1 aromatic heterocycles. The predicted octanol–water partition coefficient (Wildman–Crippen LogP) is 3.22. The summed E-state index contributed by atoms with van der Waals surface area (Å²) in [5.74, 6) is -0.463. The molecule has 2 amide bonds. The molecule has 0 aromatic carbocycles. The van der Waals surface area contributed by atoms with Crippen molar-refractivity contribution < 1.29 is 14.3 Å². The fourth-order valence-corrected chi connectivity index (χ4v) is 2.74. The number of methoxy groups -OCH3 is 1. The summed E-state index contributed by atoms with van der Waals surface area (Å²) in [5, 5.41) is 7.09. The second-order valence-corrected chi connectivity index (χ2v) is 5.25. The number of hydrogen-bond donors (Lipinski definition) is 2. The highest BCUT2D eigenvalue weighted by atomic mass is 79.9. The van der Waals surface area contributed by atoms with E-state index in [1.165, 1.54) is 18.4 Å².